The molecule has 0 spiro atoms. The maximum Gasteiger partial charge on any atom is 0.251 e. The smallest absolute Gasteiger partial charge is 0.251 e. The van der Waals surface area contributed by atoms with E-state index in [0.717, 1.165) is 28.7 Å². The molecule has 0 unspecified atom stereocenters. The lowest BCUT2D eigenvalue weighted by atomic mass is 10.0. The fourth-order valence-corrected chi connectivity index (χ4v) is 2.91. The zero-order valence-electron chi connectivity index (χ0n) is 10.2. The van der Waals surface area contributed by atoms with Crippen LogP contribution in [0.4, 0.5) is 0 Å². The highest BCUT2D eigenvalue weighted by Gasteiger charge is 2.20. The third-order valence-corrected chi connectivity index (χ3v) is 3.78. The molecule has 1 aliphatic rings. The largest absolute Gasteiger partial charge is 0.508 e. The van der Waals surface area contributed by atoms with Gasteiger partial charge >= 0.3 is 0 Å². The predicted molar refractivity (Wildman–Crippen MR) is 73.4 cm³/mol. The van der Waals surface area contributed by atoms with E-state index in [0.29, 0.717) is 6.54 Å². The lowest BCUT2D eigenvalue weighted by molar-refractivity contribution is 0.476. The number of phenols is 1. The summed E-state index contributed by atoms with van der Waals surface area (Å²) in [5.74, 6) is 0.247. The monoisotopic (exact) mass is 252 g/mol. The van der Waals surface area contributed by atoms with E-state index in [1.807, 2.05) is 12.1 Å². The number of nitrogens with zero attached hydrogens (tertiary/aromatic N) is 1. The number of aromatic hydroxyl groups is 1. The molecule has 4 rings (SSSR count). The molecule has 0 aliphatic carbocycles. The fraction of sp³-hybridized carbons (Fsp3) is 0.133. The van der Waals surface area contributed by atoms with Crippen LogP contribution in [0, 0.1) is 0 Å². The van der Waals surface area contributed by atoms with Gasteiger partial charge in [0.25, 0.3) is 5.56 Å². The number of fused-ring (bicyclic) bond motifs is 5. The highest BCUT2D eigenvalue weighted by Crippen LogP contribution is 2.34. The van der Waals surface area contributed by atoms with Gasteiger partial charge in [0.1, 0.15) is 5.75 Å². The predicted octanol–water partition coefficient (Wildman–Crippen LogP) is 2.26. The maximum atomic E-state index is 11.9. The van der Waals surface area contributed by atoms with E-state index in [-0.39, 0.29) is 11.3 Å². The summed E-state index contributed by atoms with van der Waals surface area (Å²) in [5, 5.41) is 10.7. The van der Waals surface area contributed by atoms with Crippen LogP contribution < -0.4 is 5.56 Å². The molecule has 94 valence electrons. The van der Waals surface area contributed by atoms with Crippen molar-refractivity contribution in [2.75, 3.05) is 0 Å². The van der Waals surface area contributed by atoms with Gasteiger partial charge in [-0.1, -0.05) is 6.07 Å². The molecule has 0 fully saturated rings. The molecule has 2 N–H and O–H groups in total. The number of aromatic nitrogens is 2. The maximum absolute atomic E-state index is 11.9. The molecule has 0 bridgehead atoms. The minimum Gasteiger partial charge on any atom is -0.508 e. The van der Waals surface area contributed by atoms with Crippen molar-refractivity contribution in [3.8, 4) is 17.1 Å². The summed E-state index contributed by atoms with van der Waals surface area (Å²) < 4.78 is 1.79. The van der Waals surface area contributed by atoms with Crippen LogP contribution in [0.25, 0.3) is 22.3 Å². The summed E-state index contributed by atoms with van der Waals surface area (Å²) in [6, 6.07) is 10.7. The Balaban J connectivity index is 2.10. The Labute approximate surface area is 108 Å². The van der Waals surface area contributed by atoms with Gasteiger partial charge in [-0.15, -0.1) is 0 Å². The summed E-state index contributed by atoms with van der Waals surface area (Å²) in [6.07, 6.45) is 0.830. The number of hydrogen-bond acceptors (Lipinski definition) is 2. The van der Waals surface area contributed by atoms with Crippen LogP contribution >= 0.6 is 0 Å². The second kappa shape index (κ2) is 3.51. The van der Waals surface area contributed by atoms with Crippen molar-refractivity contribution in [1.29, 1.82) is 0 Å². The molecular formula is C15H12N2O2. The van der Waals surface area contributed by atoms with Gasteiger partial charge in [-0.3, -0.25) is 4.79 Å². The molecule has 1 aliphatic heterocycles. The van der Waals surface area contributed by atoms with E-state index >= 15 is 0 Å². The number of H-pyrrole nitrogens is 1. The van der Waals surface area contributed by atoms with E-state index < -0.39 is 0 Å². The fourth-order valence-electron chi connectivity index (χ4n) is 2.91. The van der Waals surface area contributed by atoms with Gasteiger partial charge in [0, 0.05) is 29.6 Å². The van der Waals surface area contributed by atoms with Crippen LogP contribution in [0.5, 0.6) is 5.75 Å². The summed E-state index contributed by atoms with van der Waals surface area (Å²) >= 11 is 0. The molecule has 0 amide bonds. The van der Waals surface area contributed by atoms with E-state index in [1.54, 1.807) is 28.8 Å². The Bertz CT molecular complexity index is 858. The topological polar surface area (TPSA) is 58.0 Å². The van der Waals surface area contributed by atoms with Gasteiger partial charge in [-0.05, 0) is 30.2 Å². The standard InChI is InChI=1S/C15H12N2O2/c18-9-4-5-10-11-6-7-17-13(2-1-3-14(17)19)15(11)16-12(10)8-9/h1-5,8,16,18H,6-7H2. The Morgan fingerprint density at radius 3 is 3.00 bits per heavy atom. The van der Waals surface area contributed by atoms with E-state index in [2.05, 4.69) is 4.98 Å². The van der Waals surface area contributed by atoms with E-state index in [9.17, 15) is 9.90 Å². The normalized spacial score (nSPS) is 13.3. The van der Waals surface area contributed by atoms with Crippen molar-refractivity contribution in [1.82, 2.24) is 9.55 Å². The summed E-state index contributed by atoms with van der Waals surface area (Å²) in [5.41, 5.74) is 4.08. The van der Waals surface area contributed by atoms with Crippen molar-refractivity contribution >= 4 is 10.9 Å². The molecule has 2 aromatic heterocycles. The van der Waals surface area contributed by atoms with E-state index in [1.165, 1.54) is 5.56 Å². The number of hydrogen-bond donors (Lipinski definition) is 2. The van der Waals surface area contributed by atoms with Crippen molar-refractivity contribution in [2.24, 2.45) is 0 Å². The van der Waals surface area contributed by atoms with Crippen LogP contribution in [-0.2, 0) is 13.0 Å². The second-order valence-corrected chi connectivity index (χ2v) is 4.86. The summed E-state index contributed by atoms with van der Waals surface area (Å²) in [7, 11) is 0. The Hall–Kier alpha value is -2.49. The van der Waals surface area contributed by atoms with Gasteiger partial charge in [-0.25, -0.2) is 0 Å². The number of phenolic OH excluding ortho intramolecular Hbond substituents is 1. The van der Waals surface area contributed by atoms with Crippen molar-refractivity contribution in [3.05, 3.63) is 52.3 Å². The van der Waals surface area contributed by atoms with Crippen molar-refractivity contribution < 1.29 is 5.11 Å². The Morgan fingerprint density at radius 2 is 2.11 bits per heavy atom. The van der Waals surface area contributed by atoms with E-state index in [4.69, 9.17) is 0 Å². The third kappa shape index (κ3) is 1.37. The minimum absolute atomic E-state index is 0.0321. The molecule has 0 radical (unpaired) electrons. The Morgan fingerprint density at radius 1 is 1.21 bits per heavy atom. The molecule has 4 heteroatoms. The molecule has 3 aromatic rings. The molecule has 3 heterocycles. The van der Waals surface area contributed by atoms with Gasteiger partial charge in [-0.2, -0.15) is 0 Å². The first kappa shape index (κ1) is 10.4. The highest BCUT2D eigenvalue weighted by atomic mass is 16.3. The Kier molecular flexibility index (Phi) is 1.93. The van der Waals surface area contributed by atoms with Gasteiger partial charge in [0.2, 0.25) is 0 Å². The molecule has 1 aromatic carbocycles. The number of pyridine rings is 1. The highest BCUT2D eigenvalue weighted by molar-refractivity contribution is 5.91. The first-order valence-electron chi connectivity index (χ1n) is 6.28. The molecular weight excluding hydrogens is 240 g/mol. The molecule has 0 saturated carbocycles. The zero-order valence-corrected chi connectivity index (χ0v) is 10.2. The summed E-state index contributed by atoms with van der Waals surface area (Å²) in [4.78, 5) is 15.2. The van der Waals surface area contributed by atoms with Crippen LogP contribution in [0.3, 0.4) is 0 Å². The van der Waals surface area contributed by atoms with Gasteiger partial charge < -0.3 is 14.7 Å². The van der Waals surface area contributed by atoms with Crippen molar-refractivity contribution in [3.63, 3.8) is 0 Å². The number of aryl methyl sites for hydroxylation is 1. The molecule has 0 atom stereocenters. The van der Waals surface area contributed by atoms with Crippen LogP contribution in [0.15, 0.2) is 41.2 Å². The summed E-state index contributed by atoms with van der Waals surface area (Å²) in [6.45, 7) is 0.704. The van der Waals surface area contributed by atoms with Crippen LogP contribution in [0.1, 0.15) is 5.56 Å². The molecule has 0 saturated heterocycles. The first-order chi connectivity index (χ1) is 9.24. The average Bonchev–Trinajstić information content (AvgIpc) is 2.77. The van der Waals surface area contributed by atoms with Crippen LogP contribution in [-0.4, -0.2) is 14.7 Å². The van der Waals surface area contributed by atoms with Crippen LogP contribution in [0.2, 0.25) is 0 Å². The number of benzene rings is 1. The van der Waals surface area contributed by atoms with Gasteiger partial charge in [0.05, 0.1) is 11.4 Å². The number of rotatable bonds is 0. The lowest BCUT2D eigenvalue weighted by Gasteiger charge is -2.18. The first-order valence-corrected chi connectivity index (χ1v) is 6.28. The number of nitrogens with one attached hydrogen (secondary N) is 1. The van der Waals surface area contributed by atoms with Crippen molar-refractivity contribution in [2.45, 2.75) is 13.0 Å². The van der Waals surface area contributed by atoms with Gasteiger partial charge in [0.15, 0.2) is 0 Å². The average molecular weight is 252 g/mol. The molecule has 4 nitrogen and oxygen atoms in total. The second-order valence-electron chi connectivity index (χ2n) is 4.86. The molecule has 19 heavy (non-hydrogen) atoms. The number of aromatic amines is 1. The third-order valence-electron chi connectivity index (χ3n) is 3.78. The lowest BCUT2D eigenvalue weighted by Crippen LogP contribution is -2.24. The quantitative estimate of drug-likeness (QED) is 0.644. The zero-order chi connectivity index (χ0) is 13.0. The SMILES string of the molecule is O=c1cccc2n1CCc1c-2[nH]c2cc(O)ccc12. The minimum atomic E-state index is 0.0321.